The van der Waals surface area contributed by atoms with Crippen molar-refractivity contribution >= 4 is 41.2 Å². The summed E-state index contributed by atoms with van der Waals surface area (Å²) in [4.78, 5) is 55.9. The smallest absolute Gasteiger partial charge is 0.409 e. The van der Waals surface area contributed by atoms with Gasteiger partial charge in [0.25, 0.3) is 0 Å². The predicted octanol–water partition coefficient (Wildman–Crippen LogP) is 3.64. The first-order chi connectivity index (χ1) is 23.8. The van der Waals surface area contributed by atoms with Crippen LogP contribution in [0.1, 0.15) is 71.9 Å². The highest BCUT2D eigenvalue weighted by Crippen LogP contribution is 2.49. The number of nitrogens with one attached hydrogen (secondary N) is 1. The average Bonchev–Trinajstić information content (AvgIpc) is 3.76. The number of aliphatic hydroxyl groups excluding tert-OH is 2. The molecule has 0 aromatic heterocycles. The van der Waals surface area contributed by atoms with Crippen molar-refractivity contribution in [2.24, 2.45) is 17.8 Å². The van der Waals surface area contributed by atoms with E-state index in [9.17, 15) is 34.5 Å². The molecule has 3 heterocycles. The van der Waals surface area contributed by atoms with Gasteiger partial charge in [0.1, 0.15) is 23.9 Å². The third-order valence-corrected chi connectivity index (χ3v) is 10.7. The number of fused-ring (bicyclic) bond motifs is 5. The number of halogens is 1. The van der Waals surface area contributed by atoms with Gasteiger partial charge in [0.15, 0.2) is 5.72 Å². The summed E-state index contributed by atoms with van der Waals surface area (Å²) in [5, 5.41) is 34.7. The Hall–Kier alpha value is -3.49. The molecule has 0 unspecified atom stereocenters. The topological polar surface area (TPSA) is 178 Å². The lowest BCUT2D eigenvalue weighted by Gasteiger charge is -2.42. The molecule has 4 rings (SSSR count). The Labute approximate surface area is 304 Å². The summed E-state index contributed by atoms with van der Waals surface area (Å²) in [5.74, 6) is -2.80. The summed E-state index contributed by atoms with van der Waals surface area (Å²) in [7, 11) is 3.07. The molecule has 282 valence electrons. The van der Waals surface area contributed by atoms with Gasteiger partial charge in [-0.25, -0.2) is 9.59 Å². The second kappa shape index (κ2) is 16.0. The number of amides is 3. The van der Waals surface area contributed by atoms with Crippen molar-refractivity contribution in [2.45, 2.75) is 110 Å². The Morgan fingerprint density at radius 3 is 2.53 bits per heavy atom. The molecule has 4 N–H and O–H groups in total. The van der Waals surface area contributed by atoms with Crippen molar-refractivity contribution in [3.8, 4) is 0 Å². The van der Waals surface area contributed by atoms with Crippen LogP contribution in [0.3, 0.4) is 0 Å². The molecular formula is C37H52ClN3O10. The van der Waals surface area contributed by atoms with Crippen LogP contribution >= 0.6 is 11.6 Å². The van der Waals surface area contributed by atoms with Crippen LogP contribution in [0.4, 0.5) is 10.5 Å². The summed E-state index contributed by atoms with van der Waals surface area (Å²) < 4.78 is 17.9. The van der Waals surface area contributed by atoms with Crippen molar-refractivity contribution in [2.75, 3.05) is 25.6 Å². The molecule has 3 amide bonds. The zero-order chi connectivity index (χ0) is 38.0. The van der Waals surface area contributed by atoms with Crippen molar-refractivity contribution < 1.29 is 48.7 Å². The Bertz CT molecular complexity index is 1560. The average molecular weight is 734 g/mol. The zero-order valence-corrected chi connectivity index (χ0v) is 31.4. The van der Waals surface area contributed by atoms with Gasteiger partial charge in [-0.15, -0.1) is 0 Å². The van der Waals surface area contributed by atoms with E-state index >= 15 is 0 Å². The number of alkyl carbamates (subject to hydrolysis) is 1. The van der Waals surface area contributed by atoms with Gasteiger partial charge in [-0.1, -0.05) is 62.2 Å². The van der Waals surface area contributed by atoms with E-state index in [4.69, 9.17) is 25.8 Å². The number of epoxide rings is 1. The fraction of sp³-hybridized carbons (Fsp3) is 0.622. The van der Waals surface area contributed by atoms with Crippen LogP contribution in [0.5, 0.6) is 0 Å². The van der Waals surface area contributed by atoms with Gasteiger partial charge in [0, 0.05) is 38.8 Å². The molecule has 0 saturated carbocycles. The minimum absolute atomic E-state index is 0.0746. The number of ether oxygens (including phenoxy) is 3. The lowest BCUT2D eigenvalue weighted by molar-refractivity contribution is -0.162. The van der Waals surface area contributed by atoms with E-state index in [1.165, 1.54) is 16.8 Å². The van der Waals surface area contributed by atoms with Crippen molar-refractivity contribution in [1.82, 2.24) is 10.2 Å². The predicted molar refractivity (Wildman–Crippen MR) is 190 cm³/mol. The molecule has 0 aliphatic carbocycles. The number of hydrogen-bond acceptors (Lipinski definition) is 10. The number of benzene rings is 1. The lowest BCUT2D eigenvalue weighted by atomic mass is 9.81. The first-order valence-electron chi connectivity index (χ1n) is 17.3. The second-order valence-corrected chi connectivity index (χ2v) is 15.1. The van der Waals surface area contributed by atoms with Crippen LogP contribution in [0.25, 0.3) is 0 Å². The molecule has 2 saturated heterocycles. The van der Waals surface area contributed by atoms with Crippen LogP contribution < -0.4 is 10.2 Å². The van der Waals surface area contributed by atoms with E-state index in [0.717, 1.165) is 11.1 Å². The molecule has 0 spiro atoms. The summed E-state index contributed by atoms with van der Waals surface area (Å²) in [6.45, 7) is 9.85. The summed E-state index contributed by atoms with van der Waals surface area (Å²) >= 11 is 6.70. The van der Waals surface area contributed by atoms with Crippen LogP contribution in [-0.2, 0) is 41.6 Å². The Balaban J connectivity index is 1.77. The number of aliphatic hydroxyl groups is 3. The van der Waals surface area contributed by atoms with Crippen molar-refractivity contribution in [1.29, 1.82) is 0 Å². The van der Waals surface area contributed by atoms with Crippen LogP contribution in [0.15, 0.2) is 35.9 Å². The largest absolute Gasteiger partial charge is 0.457 e. The molecule has 13 nitrogen and oxygen atoms in total. The number of carbonyl (C=O) groups excluding carboxylic acids is 4. The second-order valence-electron chi connectivity index (χ2n) is 14.7. The molecule has 51 heavy (non-hydrogen) atoms. The Morgan fingerprint density at radius 1 is 1.22 bits per heavy atom. The maximum absolute atomic E-state index is 14.1. The Morgan fingerprint density at radius 2 is 1.90 bits per heavy atom. The maximum atomic E-state index is 14.1. The van der Waals surface area contributed by atoms with Gasteiger partial charge in [0.05, 0.1) is 36.4 Å². The molecular weight excluding hydrogens is 682 g/mol. The standard InChI is InChI=1S/C37H52ClN3O10/c1-20(2)12-30(44)40(7)23(5)34(46)50-29-16-31(45)41(8)27-15-24(14-25(18-42)32(27)38)13-21(3)10-9-11-26(19-43)37(48)17-28(49-35(47)39-37)22(4)33-36(29,6)51-33/h9-11,14-15,20,22-23,26,28-29,33,42-43,48H,12-13,16-19H2,1-8H3,(H,39,47)/b11-9+,21-10+/t22-,23-,26+,28+,29+,33+,36+,37+/m1/s1. The third-order valence-electron chi connectivity index (χ3n) is 10.3. The highest BCUT2D eigenvalue weighted by Gasteiger charge is 2.64. The first kappa shape index (κ1) is 40.3. The van der Waals surface area contributed by atoms with Gasteiger partial charge < -0.3 is 39.3 Å². The lowest BCUT2D eigenvalue weighted by Crippen LogP contribution is -2.62. The van der Waals surface area contributed by atoms with Gasteiger partial charge in [0.2, 0.25) is 11.8 Å². The van der Waals surface area contributed by atoms with Crippen LogP contribution in [0.2, 0.25) is 5.02 Å². The normalized spacial score (nSPS) is 32.1. The Kier molecular flexibility index (Phi) is 12.7. The van der Waals surface area contributed by atoms with Gasteiger partial charge >= 0.3 is 12.1 Å². The number of carbonyl (C=O) groups is 4. The van der Waals surface area contributed by atoms with Crippen LogP contribution in [0, 0.1) is 17.8 Å². The van der Waals surface area contributed by atoms with E-state index in [1.54, 1.807) is 58.2 Å². The number of esters is 1. The molecule has 1 aromatic rings. The minimum atomic E-state index is -1.86. The molecule has 3 aliphatic rings. The van der Waals surface area contributed by atoms with E-state index in [2.05, 4.69) is 5.32 Å². The number of likely N-dealkylation sites (N-methyl/N-ethyl adjacent to an activating group) is 1. The molecule has 4 bridgehead atoms. The molecule has 1 aromatic carbocycles. The minimum Gasteiger partial charge on any atom is -0.457 e. The molecule has 2 fully saturated rings. The third kappa shape index (κ3) is 8.94. The number of nitrogens with zero attached hydrogens (tertiary/aromatic N) is 2. The zero-order valence-electron chi connectivity index (χ0n) is 30.6. The van der Waals surface area contributed by atoms with Crippen molar-refractivity contribution in [3.05, 3.63) is 52.1 Å². The van der Waals surface area contributed by atoms with E-state index in [-0.39, 0.29) is 42.7 Å². The van der Waals surface area contributed by atoms with Crippen LogP contribution in [-0.4, -0.2) is 100 Å². The highest BCUT2D eigenvalue weighted by molar-refractivity contribution is 6.34. The van der Waals surface area contributed by atoms with Gasteiger partial charge in [-0.05, 0) is 50.3 Å². The quantitative estimate of drug-likeness (QED) is 0.239. The molecule has 8 atom stereocenters. The molecule has 3 aliphatic heterocycles. The summed E-state index contributed by atoms with van der Waals surface area (Å²) in [5.41, 5.74) is -0.687. The highest BCUT2D eigenvalue weighted by atomic mass is 35.5. The summed E-state index contributed by atoms with van der Waals surface area (Å²) in [6, 6.07) is 2.53. The van der Waals surface area contributed by atoms with Gasteiger partial charge in [-0.2, -0.15) is 0 Å². The number of rotatable bonds is 7. The number of anilines is 1. The fourth-order valence-corrected chi connectivity index (χ4v) is 7.10. The maximum Gasteiger partial charge on any atom is 0.409 e. The van der Waals surface area contributed by atoms with Gasteiger partial charge in [-0.3, -0.25) is 14.9 Å². The monoisotopic (exact) mass is 733 g/mol. The molecule has 0 radical (unpaired) electrons. The molecule has 14 heteroatoms. The van der Waals surface area contributed by atoms with E-state index in [0.29, 0.717) is 17.7 Å². The number of allylic oxidation sites excluding steroid dienone is 3. The SMILES string of the molecule is C/C1=C\C=C\[C@@H](CO)[C@@]2(O)C[C@H](OC(=O)N2)[C@@H](C)[C@@H]2O[C@@]2(C)[C@@H](OC(=O)[C@@H](C)N(C)C(=O)CC(C)C)CC(=O)N(C)c2cc(cc(CO)c2Cl)C1. The number of hydrogen-bond donors (Lipinski definition) is 4. The first-order valence-corrected chi connectivity index (χ1v) is 17.7. The van der Waals surface area contributed by atoms with Crippen molar-refractivity contribution in [3.63, 3.8) is 0 Å². The van der Waals surface area contributed by atoms with E-state index < -0.39 is 72.1 Å². The summed E-state index contributed by atoms with van der Waals surface area (Å²) in [6.07, 6.45) is 1.75. The fourth-order valence-electron chi connectivity index (χ4n) is 6.80. The van der Waals surface area contributed by atoms with E-state index in [1.807, 2.05) is 20.8 Å².